The molecule has 162 valence electrons. The standard InChI is InChI=1S/C24H36O5/c1-13(4-7-21(28)29)16-5-6-17-22-18(12-20(27)24(16,17)3)23(2)9-8-15(25)10-14(23)11-19(22)26/h13-18,22,25H,4-12H2,1-3H3,(H,28,29)/t13-,14?,15?,16-,17?,18?,22?,23+,24-/m1/s1. The number of rotatable bonds is 4. The predicted octanol–water partition coefficient (Wildman–Crippen LogP) is 3.87. The van der Waals surface area contributed by atoms with E-state index in [1.54, 1.807) is 0 Å². The number of fused-ring (bicyclic) bond motifs is 5. The Morgan fingerprint density at radius 2 is 1.86 bits per heavy atom. The summed E-state index contributed by atoms with van der Waals surface area (Å²) in [6, 6.07) is 0. The molecule has 9 atom stereocenters. The summed E-state index contributed by atoms with van der Waals surface area (Å²) in [7, 11) is 0. The van der Waals surface area contributed by atoms with Crippen molar-refractivity contribution in [3.05, 3.63) is 0 Å². The molecule has 0 saturated heterocycles. The monoisotopic (exact) mass is 404 g/mol. The molecule has 4 aliphatic rings. The van der Waals surface area contributed by atoms with Crippen LogP contribution in [0, 0.1) is 46.3 Å². The Morgan fingerprint density at radius 3 is 2.55 bits per heavy atom. The zero-order valence-corrected chi connectivity index (χ0v) is 18.0. The number of aliphatic hydroxyl groups excluding tert-OH is 1. The molecule has 0 spiro atoms. The van der Waals surface area contributed by atoms with Crippen LogP contribution in [0.25, 0.3) is 0 Å². The van der Waals surface area contributed by atoms with Gasteiger partial charge >= 0.3 is 5.97 Å². The first kappa shape index (κ1) is 21.0. The Morgan fingerprint density at radius 1 is 1.14 bits per heavy atom. The maximum absolute atomic E-state index is 13.6. The lowest BCUT2D eigenvalue weighted by Crippen LogP contribution is -2.60. The highest BCUT2D eigenvalue weighted by Gasteiger charge is 2.66. The van der Waals surface area contributed by atoms with Gasteiger partial charge in [-0.2, -0.15) is 0 Å². The fraction of sp³-hybridized carbons (Fsp3) is 0.875. The Hall–Kier alpha value is -1.23. The van der Waals surface area contributed by atoms with Crippen molar-refractivity contribution in [2.24, 2.45) is 46.3 Å². The second-order valence-corrected chi connectivity index (χ2v) is 11.0. The van der Waals surface area contributed by atoms with Crippen molar-refractivity contribution >= 4 is 17.5 Å². The molecular formula is C24H36O5. The molecule has 5 nitrogen and oxygen atoms in total. The van der Waals surface area contributed by atoms with Gasteiger partial charge in [0.1, 0.15) is 11.6 Å². The second kappa shape index (κ2) is 7.18. The van der Waals surface area contributed by atoms with E-state index in [0.717, 1.165) is 25.7 Å². The van der Waals surface area contributed by atoms with Gasteiger partial charge in [-0.3, -0.25) is 14.4 Å². The van der Waals surface area contributed by atoms with Gasteiger partial charge in [0.2, 0.25) is 0 Å². The molecule has 0 aromatic carbocycles. The molecule has 4 rings (SSSR count). The Labute approximate surface area is 173 Å². The summed E-state index contributed by atoms with van der Waals surface area (Å²) in [6.45, 7) is 6.44. The van der Waals surface area contributed by atoms with Crippen LogP contribution >= 0.6 is 0 Å². The number of hydrogen-bond acceptors (Lipinski definition) is 4. The first-order chi connectivity index (χ1) is 13.6. The predicted molar refractivity (Wildman–Crippen MR) is 108 cm³/mol. The van der Waals surface area contributed by atoms with E-state index >= 15 is 0 Å². The summed E-state index contributed by atoms with van der Waals surface area (Å²) in [5, 5.41) is 19.2. The molecule has 4 saturated carbocycles. The van der Waals surface area contributed by atoms with Crippen molar-refractivity contribution < 1.29 is 24.6 Å². The van der Waals surface area contributed by atoms with Crippen LogP contribution in [0.5, 0.6) is 0 Å². The van der Waals surface area contributed by atoms with Gasteiger partial charge in [-0.15, -0.1) is 0 Å². The van der Waals surface area contributed by atoms with Gasteiger partial charge in [0.05, 0.1) is 6.10 Å². The molecule has 0 aliphatic heterocycles. The van der Waals surface area contributed by atoms with E-state index in [-0.39, 0.29) is 53.4 Å². The van der Waals surface area contributed by atoms with E-state index < -0.39 is 11.4 Å². The van der Waals surface area contributed by atoms with Crippen LogP contribution in [0.3, 0.4) is 0 Å². The van der Waals surface area contributed by atoms with Gasteiger partial charge in [0, 0.05) is 30.6 Å². The maximum atomic E-state index is 13.6. The number of ketones is 2. The average molecular weight is 405 g/mol. The van der Waals surface area contributed by atoms with E-state index in [4.69, 9.17) is 5.11 Å². The third-order valence-electron chi connectivity index (χ3n) is 9.87. The smallest absolute Gasteiger partial charge is 0.303 e. The topological polar surface area (TPSA) is 91.7 Å². The molecule has 2 N–H and O–H groups in total. The average Bonchev–Trinajstić information content (AvgIpc) is 3.01. The van der Waals surface area contributed by atoms with Gasteiger partial charge < -0.3 is 10.2 Å². The van der Waals surface area contributed by atoms with E-state index in [2.05, 4.69) is 20.8 Å². The minimum atomic E-state index is -0.785. The zero-order chi connectivity index (χ0) is 21.1. The summed E-state index contributed by atoms with van der Waals surface area (Å²) in [5.74, 6) is 0.550. The number of hydrogen-bond donors (Lipinski definition) is 2. The molecule has 0 aromatic rings. The molecule has 4 aliphatic carbocycles. The summed E-state index contributed by atoms with van der Waals surface area (Å²) in [5.41, 5.74) is -0.520. The van der Waals surface area contributed by atoms with Gasteiger partial charge in [0.25, 0.3) is 0 Å². The molecule has 0 amide bonds. The molecule has 0 bridgehead atoms. The number of carbonyl (C=O) groups is 3. The molecular weight excluding hydrogens is 368 g/mol. The van der Waals surface area contributed by atoms with Gasteiger partial charge in [0.15, 0.2) is 0 Å². The molecule has 0 radical (unpaired) electrons. The third-order valence-corrected chi connectivity index (χ3v) is 9.87. The largest absolute Gasteiger partial charge is 0.481 e. The summed E-state index contributed by atoms with van der Waals surface area (Å²) < 4.78 is 0. The van der Waals surface area contributed by atoms with Crippen molar-refractivity contribution in [1.29, 1.82) is 0 Å². The highest BCUT2D eigenvalue weighted by Crippen LogP contribution is 2.66. The first-order valence-electron chi connectivity index (χ1n) is 11.5. The van der Waals surface area contributed by atoms with Crippen LogP contribution in [0.4, 0.5) is 0 Å². The fourth-order valence-corrected chi connectivity index (χ4v) is 8.13. The number of carboxylic acid groups (broad SMARTS) is 1. The zero-order valence-electron chi connectivity index (χ0n) is 18.0. The maximum Gasteiger partial charge on any atom is 0.303 e. The van der Waals surface area contributed by atoms with Crippen molar-refractivity contribution in [2.75, 3.05) is 0 Å². The molecule has 0 heterocycles. The Kier molecular flexibility index (Phi) is 5.20. The molecule has 5 heteroatoms. The number of aliphatic carboxylic acids is 1. The van der Waals surface area contributed by atoms with Gasteiger partial charge in [-0.25, -0.2) is 0 Å². The Bertz CT molecular complexity index is 716. The molecule has 29 heavy (non-hydrogen) atoms. The quantitative estimate of drug-likeness (QED) is 0.742. The van der Waals surface area contributed by atoms with Gasteiger partial charge in [-0.1, -0.05) is 20.8 Å². The lowest BCUT2D eigenvalue weighted by Gasteiger charge is -2.59. The number of carbonyl (C=O) groups excluding carboxylic acids is 2. The van der Waals surface area contributed by atoms with E-state index in [1.165, 1.54) is 0 Å². The van der Waals surface area contributed by atoms with E-state index in [0.29, 0.717) is 37.2 Å². The molecule has 0 aromatic heterocycles. The summed E-state index contributed by atoms with van der Waals surface area (Å²) in [4.78, 5) is 38.0. The van der Waals surface area contributed by atoms with Crippen molar-refractivity contribution in [3.63, 3.8) is 0 Å². The van der Waals surface area contributed by atoms with E-state index in [1.807, 2.05) is 0 Å². The number of aliphatic hydroxyl groups is 1. The lowest BCUT2D eigenvalue weighted by atomic mass is 9.43. The fourth-order valence-electron chi connectivity index (χ4n) is 8.13. The molecule has 4 fully saturated rings. The minimum absolute atomic E-state index is 0.0260. The SMILES string of the molecule is C[C@H](CCC(=O)O)[C@H]1CCC2C3C(=O)CC4CC(O)CC[C@]4(C)C3CC(=O)[C@@]21C. The van der Waals surface area contributed by atoms with Crippen LogP contribution in [-0.2, 0) is 14.4 Å². The van der Waals surface area contributed by atoms with Crippen LogP contribution in [0.1, 0.15) is 78.6 Å². The minimum Gasteiger partial charge on any atom is -0.481 e. The number of carboxylic acids is 1. The van der Waals surface area contributed by atoms with Crippen LogP contribution in [0.15, 0.2) is 0 Å². The third kappa shape index (κ3) is 3.10. The second-order valence-electron chi connectivity index (χ2n) is 11.0. The number of Topliss-reactive ketones (excluding diaryl/α,β-unsaturated/α-hetero) is 2. The van der Waals surface area contributed by atoms with Crippen molar-refractivity contribution in [1.82, 2.24) is 0 Å². The van der Waals surface area contributed by atoms with Crippen molar-refractivity contribution in [3.8, 4) is 0 Å². The van der Waals surface area contributed by atoms with Crippen LogP contribution in [0.2, 0.25) is 0 Å². The van der Waals surface area contributed by atoms with Crippen LogP contribution in [-0.4, -0.2) is 33.9 Å². The lowest BCUT2D eigenvalue weighted by molar-refractivity contribution is -0.168. The summed E-state index contributed by atoms with van der Waals surface area (Å²) in [6.07, 6.45) is 5.64. The normalized spacial score (nSPS) is 47.9. The molecule has 5 unspecified atom stereocenters. The van der Waals surface area contributed by atoms with Crippen LogP contribution < -0.4 is 0 Å². The summed E-state index contributed by atoms with van der Waals surface area (Å²) >= 11 is 0. The Balaban J connectivity index is 1.62. The first-order valence-corrected chi connectivity index (χ1v) is 11.5. The highest BCUT2D eigenvalue weighted by molar-refractivity contribution is 5.92. The van der Waals surface area contributed by atoms with E-state index in [9.17, 15) is 19.5 Å². The van der Waals surface area contributed by atoms with Gasteiger partial charge in [-0.05, 0) is 73.5 Å². The highest BCUT2D eigenvalue weighted by atomic mass is 16.4. The van der Waals surface area contributed by atoms with Crippen molar-refractivity contribution in [2.45, 2.75) is 84.7 Å².